The maximum atomic E-state index is 4.55. The minimum absolute atomic E-state index is 0.541. The van der Waals surface area contributed by atoms with E-state index in [1.807, 2.05) is 7.05 Å². The molecule has 1 atom stereocenters. The predicted octanol–water partition coefficient (Wildman–Crippen LogP) is 1.94. The second-order valence-electron chi connectivity index (χ2n) is 3.42. The number of rotatable bonds is 4. The topological polar surface area (TPSA) is 29.3 Å². The molecule has 0 aliphatic rings. The molecule has 14 heavy (non-hydrogen) atoms. The number of hydrogen-bond donors (Lipinski definition) is 1. The molecule has 0 aliphatic carbocycles. The molecule has 76 valence electrons. The fourth-order valence-electron chi connectivity index (χ4n) is 1.58. The van der Waals surface area contributed by atoms with E-state index in [0.717, 1.165) is 17.8 Å². The average Bonchev–Trinajstić information content (AvgIpc) is 2.73. The van der Waals surface area contributed by atoms with Crippen molar-refractivity contribution in [3.8, 4) is 0 Å². The number of imidazole rings is 1. The third kappa shape index (κ3) is 1.81. The molecule has 4 heteroatoms. The van der Waals surface area contributed by atoms with Crippen molar-refractivity contribution in [1.82, 2.24) is 14.7 Å². The van der Waals surface area contributed by atoms with Crippen LogP contribution in [-0.4, -0.2) is 22.5 Å². The van der Waals surface area contributed by atoms with Gasteiger partial charge in [0, 0.05) is 30.2 Å². The van der Waals surface area contributed by atoms with Crippen molar-refractivity contribution >= 4 is 16.3 Å². The molecule has 2 aromatic heterocycles. The first-order chi connectivity index (χ1) is 6.83. The van der Waals surface area contributed by atoms with E-state index in [2.05, 4.69) is 39.4 Å². The standard InChI is InChI=1S/C10H15N3S/c1-3-8(11-2)6-9-7-13-4-5-14-10(13)12-9/h4-5,7-8,11H,3,6H2,1-2H3. The highest BCUT2D eigenvalue weighted by atomic mass is 32.1. The molecule has 0 aromatic carbocycles. The van der Waals surface area contributed by atoms with E-state index < -0.39 is 0 Å². The Morgan fingerprint density at radius 2 is 2.50 bits per heavy atom. The van der Waals surface area contributed by atoms with Crippen LogP contribution in [0.1, 0.15) is 19.0 Å². The Balaban J connectivity index is 2.14. The van der Waals surface area contributed by atoms with E-state index in [1.165, 1.54) is 5.69 Å². The molecule has 0 saturated carbocycles. The van der Waals surface area contributed by atoms with E-state index in [-0.39, 0.29) is 0 Å². The number of thiazole rings is 1. The monoisotopic (exact) mass is 209 g/mol. The molecular weight excluding hydrogens is 194 g/mol. The predicted molar refractivity (Wildman–Crippen MR) is 59.9 cm³/mol. The summed E-state index contributed by atoms with van der Waals surface area (Å²) in [7, 11) is 2.01. The lowest BCUT2D eigenvalue weighted by atomic mass is 10.1. The van der Waals surface area contributed by atoms with Crippen molar-refractivity contribution in [2.24, 2.45) is 0 Å². The summed E-state index contributed by atoms with van der Waals surface area (Å²) in [6.45, 7) is 2.19. The molecular formula is C10H15N3S. The lowest BCUT2D eigenvalue weighted by Gasteiger charge is -2.10. The van der Waals surface area contributed by atoms with Crippen LogP contribution in [0.2, 0.25) is 0 Å². The van der Waals surface area contributed by atoms with Crippen LogP contribution in [0.15, 0.2) is 17.8 Å². The number of fused-ring (bicyclic) bond motifs is 1. The Labute approximate surface area is 87.8 Å². The van der Waals surface area contributed by atoms with Gasteiger partial charge in [0.2, 0.25) is 0 Å². The van der Waals surface area contributed by atoms with Crippen molar-refractivity contribution in [1.29, 1.82) is 0 Å². The SMILES string of the molecule is CCC(Cc1cn2ccsc2n1)NC. The molecule has 2 heterocycles. The molecule has 0 saturated heterocycles. The third-order valence-electron chi connectivity index (χ3n) is 2.50. The van der Waals surface area contributed by atoms with Gasteiger partial charge in [0.05, 0.1) is 5.69 Å². The van der Waals surface area contributed by atoms with E-state index >= 15 is 0 Å². The molecule has 0 amide bonds. The maximum absolute atomic E-state index is 4.55. The maximum Gasteiger partial charge on any atom is 0.193 e. The molecule has 0 aliphatic heterocycles. The highest BCUT2D eigenvalue weighted by Crippen LogP contribution is 2.12. The molecule has 0 bridgehead atoms. The zero-order chi connectivity index (χ0) is 9.97. The van der Waals surface area contributed by atoms with Gasteiger partial charge in [0.1, 0.15) is 0 Å². The highest BCUT2D eigenvalue weighted by Gasteiger charge is 2.08. The number of likely N-dealkylation sites (N-methyl/N-ethyl adjacent to an activating group) is 1. The third-order valence-corrected chi connectivity index (χ3v) is 3.27. The van der Waals surface area contributed by atoms with Gasteiger partial charge in [-0.1, -0.05) is 6.92 Å². The van der Waals surface area contributed by atoms with Gasteiger partial charge < -0.3 is 5.32 Å². The second kappa shape index (κ2) is 4.11. The highest BCUT2D eigenvalue weighted by molar-refractivity contribution is 7.15. The van der Waals surface area contributed by atoms with Gasteiger partial charge in [-0.2, -0.15) is 0 Å². The van der Waals surface area contributed by atoms with Crippen molar-refractivity contribution in [3.05, 3.63) is 23.5 Å². The van der Waals surface area contributed by atoms with Gasteiger partial charge in [-0.05, 0) is 13.5 Å². The van der Waals surface area contributed by atoms with Gasteiger partial charge in [0.25, 0.3) is 0 Å². The van der Waals surface area contributed by atoms with Gasteiger partial charge in [0.15, 0.2) is 4.96 Å². The summed E-state index contributed by atoms with van der Waals surface area (Å²) in [4.78, 5) is 5.64. The van der Waals surface area contributed by atoms with E-state index in [4.69, 9.17) is 0 Å². The van der Waals surface area contributed by atoms with Crippen LogP contribution in [0.25, 0.3) is 4.96 Å². The lowest BCUT2D eigenvalue weighted by molar-refractivity contribution is 0.539. The molecule has 1 unspecified atom stereocenters. The number of hydrogen-bond acceptors (Lipinski definition) is 3. The van der Waals surface area contributed by atoms with Crippen LogP contribution in [0.3, 0.4) is 0 Å². The van der Waals surface area contributed by atoms with Crippen molar-refractivity contribution in [3.63, 3.8) is 0 Å². The van der Waals surface area contributed by atoms with Crippen LogP contribution < -0.4 is 5.32 Å². The first kappa shape index (κ1) is 9.68. The van der Waals surface area contributed by atoms with E-state index in [1.54, 1.807) is 11.3 Å². The number of nitrogens with zero attached hydrogens (tertiary/aromatic N) is 2. The van der Waals surface area contributed by atoms with Crippen molar-refractivity contribution in [2.45, 2.75) is 25.8 Å². The molecule has 0 fully saturated rings. The zero-order valence-corrected chi connectivity index (χ0v) is 9.34. The lowest BCUT2D eigenvalue weighted by Crippen LogP contribution is -2.26. The fourth-order valence-corrected chi connectivity index (χ4v) is 2.30. The number of nitrogens with one attached hydrogen (secondary N) is 1. The average molecular weight is 209 g/mol. The summed E-state index contributed by atoms with van der Waals surface area (Å²) < 4.78 is 2.09. The summed E-state index contributed by atoms with van der Waals surface area (Å²) >= 11 is 1.68. The van der Waals surface area contributed by atoms with Crippen LogP contribution in [0, 0.1) is 0 Å². The van der Waals surface area contributed by atoms with Crippen molar-refractivity contribution < 1.29 is 0 Å². The molecule has 2 rings (SSSR count). The minimum atomic E-state index is 0.541. The summed E-state index contributed by atoms with van der Waals surface area (Å²) in [5.74, 6) is 0. The smallest absolute Gasteiger partial charge is 0.193 e. The van der Waals surface area contributed by atoms with Crippen LogP contribution in [0.4, 0.5) is 0 Å². The fraction of sp³-hybridized carbons (Fsp3) is 0.500. The van der Waals surface area contributed by atoms with E-state index in [0.29, 0.717) is 6.04 Å². The Bertz CT molecular complexity index is 372. The van der Waals surface area contributed by atoms with Gasteiger partial charge >= 0.3 is 0 Å². The van der Waals surface area contributed by atoms with Crippen LogP contribution >= 0.6 is 11.3 Å². The summed E-state index contributed by atoms with van der Waals surface area (Å²) in [5.41, 5.74) is 1.18. The zero-order valence-electron chi connectivity index (χ0n) is 8.53. The Hall–Kier alpha value is -0.870. The Morgan fingerprint density at radius 1 is 1.64 bits per heavy atom. The second-order valence-corrected chi connectivity index (χ2v) is 4.30. The van der Waals surface area contributed by atoms with Gasteiger partial charge in [-0.25, -0.2) is 4.98 Å². The molecule has 0 spiro atoms. The molecule has 1 N–H and O–H groups in total. The molecule has 2 aromatic rings. The largest absolute Gasteiger partial charge is 0.317 e. The molecule has 3 nitrogen and oxygen atoms in total. The summed E-state index contributed by atoms with van der Waals surface area (Å²) in [6, 6.07) is 0.541. The van der Waals surface area contributed by atoms with Crippen LogP contribution in [0.5, 0.6) is 0 Å². The van der Waals surface area contributed by atoms with Crippen molar-refractivity contribution in [2.75, 3.05) is 7.05 Å². The summed E-state index contributed by atoms with van der Waals surface area (Å²) in [6.07, 6.45) is 6.33. The Kier molecular flexibility index (Phi) is 2.84. The van der Waals surface area contributed by atoms with E-state index in [9.17, 15) is 0 Å². The summed E-state index contributed by atoms with van der Waals surface area (Å²) in [5, 5.41) is 5.35. The van der Waals surface area contributed by atoms with Gasteiger partial charge in [-0.3, -0.25) is 4.40 Å². The first-order valence-corrected chi connectivity index (χ1v) is 5.79. The number of aromatic nitrogens is 2. The quantitative estimate of drug-likeness (QED) is 0.833. The minimum Gasteiger partial charge on any atom is -0.317 e. The Morgan fingerprint density at radius 3 is 3.14 bits per heavy atom. The van der Waals surface area contributed by atoms with Crippen LogP contribution in [-0.2, 0) is 6.42 Å². The van der Waals surface area contributed by atoms with Gasteiger partial charge in [-0.15, -0.1) is 11.3 Å². The molecule has 0 radical (unpaired) electrons. The first-order valence-electron chi connectivity index (χ1n) is 4.91. The normalized spacial score (nSPS) is 13.6.